The van der Waals surface area contributed by atoms with Crippen molar-refractivity contribution in [2.24, 2.45) is 5.92 Å². The number of aromatic nitrogens is 1. The molecule has 136 valence electrons. The highest BCUT2D eigenvalue weighted by Crippen LogP contribution is 2.19. The van der Waals surface area contributed by atoms with Crippen molar-refractivity contribution in [2.75, 3.05) is 31.6 Å². The van der Waals surface area contributed by atoms with Gasteiger partial charge in [0.1, 0.15) is 5.82 Å². The Hall–Kier alpha value is -2.15. The predicted molar refractivity (Wildman–Crippen MR) is 94.3 cm³/mol. The second-order valence-electron chi connectivity index (χ2n) is 6.82. The summed E-state index contributed by atoms with van der Waals surface area (Å²) >= 11 is 0. The summed E-state index contributed by atoms with van der Waals surface area (Å²) < 4.78 is 5.52. The molecule has 2 fully saturated rings. The van der Waals surface area contributed by atoms with Gasteiger partial charge >= 0.3 is 6.03 Å². The predicted octanol–water partition coefficient (Wildman–Crippen LogP) is 1.93. The van der Waals surface area contributed by atoms with Gasteiger partial charge in [-0.15, -0.1) is 0 Å². The lowest BCUT2D eigenvalue weighted by atomic mass is 9.97. The number of carbonyl (C=O) groups is 2. The molecule has 0 saturated carbocycles. The first-order valence-corrected chi connectivity index (χ1v) is 9.00. The molecule has 2 saturated heterocycles. The van der Waals surface area contributed by atoms with Gasteiger partial charge in [-0.05, 0) is 44.2 Å². The molecule has 3 amide bonds. The van der Waals surface area contributed by atoms with Crippen molar-refractivity contribution in [1.29, 1.82) is 0 Å². The van der Waals surface area contributed by atoms with E-state index in [0.29, 0.717) is 25.5 Å². The normalized spacial score (nSPS) is 23.3. The van der Waals surface area contributed by atoms with Crippen molar-refractivity contribution in [2.45, 2.75) is 38.7 Å². The number of anilines is 1. The Kier molecular flexibility index (Phi) is 5.86. The molecular formula is C18H26N4O3. The zero-order chi connectivity index (χ0) is 17.6. The van der Waals surface area contributed by atoms with Crippen LogP contribution in [0.4, 0.5) is 10.6 Å². The third kappa shape index (κ3) is 4.92. The van der Waals surface area contributed by atoms with E-state index in [1.807, 2.05) is 13.0 Å². The van der Waals surface area contributed by atoms with Crippen molar-refractivity contribution in [3.8, 4) is 0 Å². The van der Waals surface area contributed by atoms with Crippen LogP contribution in [0.1, 0.15) is 31.2 Å². The lowest BCUT2D eigenvalue weighted by Crippen LogP contribution is -2.49. The molecule has 0 spiro atoms. The molecule has 3 heterocycles. The highest BCUT2D eigenvalue weighted by Gasteiger charge is 2.29. The Morgan fingerprint density at radius 1 is 1.32 bits per heavy atom. The molecule has 2 atom stereocenters. The molecule has 0 bridgehead atoms. The third-order valence-corrected chi connectivity index (χ3v) is 4.75. The zero-order valence-electron chi connectivity index (χ0n) is 14.7. The molecule has 1 aromatic heterocycles. The second kappa shape index (κ2) is 8.29. The van der Waals surface area contributed by atoms with Crippen LogP contribution in [0.5, 0.6) is 0 Å². The van der Waals surface area contributed by atoms with E-state index in [1.165, 1.54) is 0 Å². The van der Waals surface area contributed by atoms with Crippen LogP contribution in [0.25, 0.3) is 0 Å². The van der Waals surface area contributed by atoms with Gasteiger partial charge in [-0.1, -0.05) is 6.07 Å². The van der Waals surface area contributed by atoms with E-state index in [9.17, 15) is 9.59 Å². The van der Waals surface area contributed by atoms with Crippen LogP contribution in [-0.2, 0) is 9.53 Å². The van der Waals surface area contributed by atoms with Crippen LogP contribution in [0.15, 0.2) is 18.3 Å². The Labute approximate surface area is 148 Å². The zero-order valence-corrected chi connectivity index (χ0v) is 14.7. The van der Waals surface area contributed by atoms with Crippen LogP contribution >= 0.6 is 0 Å². The maximum absolute atomic E-state index is 12.5. The van der Waals surface area contributed by atoms with Gasteiger partial charge in [0.2, 0.25) is 5.91 Å². The quantitative estimate of drug-likeness (QED) is 0.872. The van der Waals surface area contributed by atoms with Crippen molar-refractivity contribution >= 4 is 17.8 Å². The minimum atomic E-state index is -0.203. The number of hydrogen-bond donors (Lipinski definition) is 2. The fraction of sp³-hybridized carbons (Fsp3) is 0.611. The molecule has 2 N–H and O–H groups in total. The van der Waals surface area contributed by atoms with Gasteiger partial charge in [0.25, 0.3) is 0 Å². The van der Waals surface area contributed by atoms with Crippen LogP contribution in [0.2, 0.25) is 0 Å². The maximum atomic E-state index is 12.5. The average molecular weight is 346 g/mol. The van der Waals surface area contributed by atoms with E-state index < -0.39 is 0 Å². The van der Waals surface area contributed by atoms with Crippen LogP contribution in [0.3, 0.4) is 0 Å². The number of rotatable bonds is 4. The van der Waals surface area contributed by atoms with Gasteiger partial charge in [0.05, 0.1) is 12.0 Å². The smallest absolute Gasteiger partial charge is 0.317 e. The van der Waals surface area contributed by atoms with Gasteiger partial charge in [-0.25, -0.2) is 9.78 Å². The molecule has 7 heteroatoms. The van der Waals surface area contributed by atoms with Crippen molar-refractivity contribution in [1.82, 2.24) is 15.2 Å². The summed E-state index contributed by atoms with van der Waals surface area (Å²) in [6.45, 7) is 4.39. The SMILES string of the molecule is Cc1ccc(NC(=O)[C@H]2CCCN(C(=O)NC[C@H]3CCCO3)C2)nc1. The standard InChI is InChI=1S/C18H26N4O3/c1-13-6-7-16(19-10-13)21-17(23)14-4-2-8-22(12-14)18(24)20-11-15-5-3-9-25-15/h6-7,10,14-15H,2-5,8-9,11-12H2,1H3,(H,20,24)(H,19,21,23)/t14-,15+/m0/s1. The third-order valence-electron chi connectivity index (χ3n) is 4.75. The lowest BCUT2D eigenvalue weighted by Gasteiger charge is -2.32. The molecule has 2 aliphatic heterocycles. The summed E-state index contributed by atoms with van der Waals surface area (Å²) in [5.41, 5.74) is 1.05. The Morgan fingerprint density at radius 3 is 2.92 bits per heavy atom. The summed E-state index contributed by atoms with van der Waals surface area (Å²) in [7, 11) is 0. The molecule has 3 rings (SSSR count). The van der Waals surface area contributed by atoms with Crippen molar-refractivity contribution in [3.05, 3.63) is 23.9 Å². The van der Waals surface area contributed by atoms with Crippen LogP contribution in [0, 0.1) is 12.8 Å². The van der Waals surface area contributed by atoms with Crippen LogP contribution < -0.4 is 10.6 Å². The lowest BCUT2D eigenvalue weighted by molar-refractivity contribution is -0.121. The minimum absolute atomic E-state index is 0.0759. The van der Waals surface area contributed by atoms with Gasteiger partial charge in [0, 0.05) is 32.4 Å². The molecule has 1 aromatic rings. The maximum Gasteiger partial charge on any atom is 0.317 e. The largest absolute Gasteiger partial charge is 0.376 e. The number of carbonyl (C=O) groups excluding carboxylic acids is 2. The number of hydrogen-bond acceptors (Lipinski definition) is 4. The molecule has 0 unspecified atom stereocenters. The van der Waals surface area contributed by atoms with Crippen molar-refractivity contribution < 1.29 is 14.3 Å². The fourth-order valence-electron chi connectivity index (χ4n) is 3.26. The minimum Gasteiger partial charge on any atom is -0.376 e. The van der Waals surface area contributed by atoms with Crippen molar-refractivity contribution in [3.63, 3.8) is 0 Å². The molecule has 0 aliphatic carbocycles. The first kappa shape index (κ1) is 17.7. The topological polar surface area (TPSA) is 83.6 Å². The van der Waals surface area contributed by atoms with E-state index in [-0.39, 0.29) is 24.0 Å². The van der Waals surface area contributed by atoms with E-state index in [0.717, 1.165) is 37.9 Å². The van der Waals surface area contributed by atoms with Gasteiger partial charge in [0.15, 0.2) is 0 Å². The number of urea groups is 1. The summed E-state index contributed by atoms with van der Waals surface area (Å²) in [6.07, 6.45) is 5.51. The van der Waals surface area contributed by atoms with E-state index in [1.54, 1.807) is 17.2 Å². The van der Waals surface area contributed by atoms with Gasteiger partial charge in [-0.2, -0.15) is 0 Å². The second-order valence-corrected chi connectivity index (χ2v) is 6.82. The van der Waals surface area contributed by atoms with Gasteiger partial charge in [-0.3, -0.25) is 4.79 Å². The van der Waals surface area contributed by atoms with E-state index >= 15 is 0 Å². The average Bonchev–Trinajstić information content (AvgIpc) is 3.15. The summed E-state index contributed by atoms with van der Waals surface area (Å²) in [4.78, 5) is 30.7. The summed E-state index contributed by atoms with van der Waals surface area (Å²) in [5, 5.41) is 5.77. The van der Waals surface area contributed by atoms with E-state index in [4.69, 9.17) is 4.74 Å². The molecular weight excluding hydrogens is 320 g/mol. The first-order valence-electron chi connectivity index (χ1n) is 9.00. The number of ether oxygens (including phenoxy) is 1. The number of nitrogens with zero attached hydrogens (tertiary/aromatic N) is 2. The van der Waals surface area contributed by atoms with Crippen LogP contribution in [-0.4, -0.2) is 54.2 Å². The highest BCUT2D eigenvalue weighted by atomic mass is 16.5. The summed E-state index contributed by atoms with van der Waals surface area (Å²) in [6, 6.07) is 3.60. The Morgan fingerprint density at radius 2 is 2.20 bits per heavy atom. The monoisotopic (exact) mass is 346 g/mol. The van der Waals surface area contributed by atoms with E-state index in [2.05, 4.69) is 15.6 Å². The summed E-state index contributed by atoms with van der Waals surface area (Å²) in [5.74, 6) is 0.272. The number of nitrogens with one attached hydrogen (secondary N) is 2. The first-order chi connectivity index (χ1) is 12.1. The molecule has 7 nitrogen and oxygen atoms in total. The molecule has 0 radical (unpaired) electrons. The molecule has 25 heavy (non-hydrogen) atoms. The molecule has 2 aliphatic rings. The number of likely N-dealkylation sites (tertiary alicyclic amines) is 1. The Bertz CT molecular complexity index is 599. The molecule has 0 aromatic carbocycles. The number of aryl methyl sites for hydroxylation is 1. The Balaban J connectivity index is 1.48. The fourth-order valence-corrected chi connectivity index (χ4v) is 3.26. The number of piperidine rings is 1. The number of amides is 3. The number of pyridine rings is 1. The van der Waals surface area contributed by atoms with Gasteiger partial charge < -0.3 is 20.3 Å². The highest BCUT2D eigenvalue weighted by molar-refractivity contribution is 5.92.